The van der Waals surface area contributed by atoms with Crippen molar-refractivity contribution in [2.45, 2.75) is 20.8 Å². The Balaban J connectivity index is 0.000000202. The van der Waals surface area contributed by atoms with Gasteiger partial charge in [0.2, 0.25) is 35.1 Å². The number of aryl methyl sites for hydroxylation is 3. The highest BCUT2D eigenvalue weighted by atomic mass is 79.9. The molecule has 0 spiro atoms. The topological polar surface area (TPSA) is 271 Å². The van der Waals surface area contributed by atoms with Crippen molar-refractivity contribution in [1.29, 1.82) is 0 Å². The Labute approximate surface area is 484 Å². The lowest BCUT2D eigenvalue weighted by molar-refractivity contribution is 0.0592. The quantitative estimate of drug-likeness (QED) is 0.0334. The molecule has 9 aromatic rings. The molecule has 3 aromatic heterocycles. The molecule has 0 saturated heterocycles. The normalized spacial score (nSPS) is 10.4. The number of benzene rings is 6. The Kier molecular flexibility index (Phi) is 25.7. The molecule has 19 nitrogen and oxygen atoms in total. The van der Waals surface area contributed by atoms with Gasteiger partial charge in [-0.15, -0.1) is 0 Å². The zero-order chi connectivity index (χ0) is 56.4. The average Bonchev–Trinajstić information content (AvgIpc) is 4.22. The van der Waals surface area contributed by atoms with Crippen LogP contribution in [0, 0.1) is 27.3 Å². The molecule has 0 bridgehead atoms. The molecule has 0 saturated carbocycles. The predicted molar refractivity (Wildman–Crippen MR) is 309 cm³/mol. The molecule has 77 heavy (non-hydrogen) atoms. The summed E-state index contributed by atoms with van der Waals surface area (Å²) >= 11 is 16.6. The average molecular weight is 1360 g/mol. The van der Waals surface area contributed by atoms with Gasteiger partial charge in [-0.1, -0.05) is 167 Å². The van der Waals surface area contributed by atoms with Crippen LogP contribution in [0.25, 0.3) is 39.0 Å². The number of carbonyl (C=O) groups excluding carboxylic acids is 2. The molecule has 0 aliphatic heterocycles. The summed E-state index contributed by atoms with van der Waals surface area (Å²) in [4.78, 5) is 42.2. The fraction of sp³-hybridized carbons (Fsp3) is 0.113. The summed E-state index contributed by atoms with van der Waals surface area (Å²) in [6, 6.07) is 42.0. The Morgan fingerprint density at radius 3 is 1.38 bits per heavy atom. The Hall–Kier alpha value is -7.69. The van der Waals surface area contributed by atoms with Gasteiger partial charge in [0.05, 0.1) is 31.9 Å². The molecular weight excluding hydrogens is 1320 g/mol. The van der Waals surface area contributed by atoms with Crippen molar-refractivity contribution < 1.29 is 37.8 Å². The lowest BCUT2D eigenvalue weighted by Crippen LogP contribution is -2.12. The maximum absolute atomic E-state index is 11.4. The first kappa shape index (κ1) is 61.9. The van der Waals surface area contributed by atoms with Crippen LogP contribution in [0.2, 0.25) is 0 Å². The number of aromatic nitrogens is 6. The summed E-state index contributed by atoms with van der Waals surface area (Å²) in [5.74, 6) is 2.93. The summed E-state index contributed by atoms with van der Waals surface area (Å²) in [5.41, 5.74) is 16.5. The standard InChI is InChI=1S/C11H9BrN2O3.C11H10N2O3.C9H7BrN2O.C8H9BrN2.C7H7BrN2O.C7H4BrN/c1-6-13-10(14-17-6)8-5-7(11(15)16-2)3-4-9(8)12;1-7-12-10(13-16-7)8-4-3-5-9(6-8)11(14)15-2;1-6-11-9(12-13-6)7-3-2-4-8(10)5-7;1-11-8(10)6-3-2-4-7(9)5-6;8-6-3-1-2-5(4-6)7(9)10-11;1-9-7-4-2-3-6(8)5-7/h3-5H,1-2H3;3-6H,1-2H3;2-5H,1H3;2-5H,1H3,(H2,10,11);1-4,11H,(H2,9,10);2-5H. The second-order valence-corrected chi connectivity index (χ2v) is 19.4. The predicted octanol–water partition coefficient (Wildman–Crippen LogP) is 13.6. The summed E-state index contributed by atoms with van der Waals surface area (Å²) < 4.78 is 28.6. The minimum atomic E-state index is -0.404. The van der Waals surface area contributed by atoms with E-state index >= 15 is 0 Å². The first-order valence-corrected chi connectivity index (χ1v) is 25.9. The Bertz CT molecular complexity index is 3430. The van der Waals surface area contributed by atoms with Crippen LogP contribution >= 0.6 is 79.6 Å². The first-order valence-electron chi connectivity index (χ1n) is 22.0. The number of rotatable bonds is 7. The van der Waals surface area contributed by atoms with Crippen molar-refractivity contribution in [2.75, 3.05) is 21.3 Å². The van der Waals surface area contributed by atoms with Gasteiger partial charge in [-0.25, -0.2) is 14.4 Å². The fourth-order valence-electron chi connectivity index (χ4n) is 5.74. The number of amidine groups is 2. The number of ether oxygens (including phenoxy) is 2. The molecule has 0 amide bonds. The minimum Gasteiger partial charge on any atom is -0.465 e. The fourth-order valence-corrected chi connectivity index (χ4v) is 7.75. The summed E-state index contributed by atoms with van der Waals surface area (Å²) in [6.45, 7) is 11.8. The number of nitrogens with zero attached hydrogens (tertiary/aromatic N) is 9. The molecule has 0 unspecified atom stereocenters. The Morgan fingerprint density at radius 2 is 0.961 bits per heavy atom. The zero-order valence-corrected chi connectivity index (χ0v) is 49.6. The van der Waals surface area contributed by atoms with E-state index in [9.17, 15) is 9.59 Å². The van der Waals surface area contributed by atoms with E-state index in [1.54, 1.807) is 94.5 Å². The molecule has 0 atom stereocenters. The zero-order valence-electron chi connectivity index (χ0n) is 41.7. The third kappa shape index (κ3) is 20.8. The van der Waals surface area contributed by atoms with Gasteiger partial charge in [-0.3, -0.25) is 4.99 Å². The largest absolute Gasteiger partial charge is 0.465 e. The highest BCUT2D eigenvalue weighted by molar-refractivity contribution is 9.11. The monoisotopic (exact) mass is 1360 g/mol. The molecular formula is C53H46Br5N11O8. The molecule has 5 N–H and O–H groups in total. The van der Waals surface area contributed by atoms with Crippen LogP contribution < -0.4 is 11.5 Å². The first-order chi connectivity index (χ1) is 36.9. The van der Waals surface area contributed by atoms with Crippen LogP contribution in [0.4, 0.5) is 5.69 Å². The minimum absolute atomic E-state index is 0.117. The molecule has 3 heterocycles. The number of halogens is 5. The van der Waals surface area contributed by atoms with Gasteiger partial charge in [0.1, 0.15) is 5.84 Å². The molecule has 0 aliphatic rings. The van der Waals surface area contributed by atoms with Gasteiger partial charge in [0.15, 0.2) is 11.5 Å². The molecule has 0 fully saturated rings. The van der Waals surface area contributed by atoms with Gasteiger partial charge < -0.3 is 39.7 Å². The number of nitrogens with two attached hydrogens (primary N) is 2. The summed E-state index contributed by atoms with van der Waals surface area (Å²) in [6.07, 6.45) is 0. The maximum Gasteiger partial charge on any atom is 0.337 e. The Morgan fingerprint density at radius 1 is 0.545 bits per heavy atom. The highest BCUT2D eigenvalue weighted by Crippen LogP contribution is 2.28. The molecule has 396 valence electrons. The van der Waals surface area contributed by atoms with Gasteiger partial charge in [0.25, 0.3) is 0 Å². The number of oxime groups is 1. The van der Waals surface area contributed by atoms with Crippen LogP contribution in [-0.2, 0) is 9.47 Å². The molecule has 6 aromatic carbocycles. The van der Waals surface area contributed by atoms with Crippen molar-refractivity contribution in [3.63, 3.8) is 0 Å². The van der Waals surface area contributed by atoms with Crippen molar-refractivity contribution in [3.8, 4) is 34.2 Å². The van der Waals surface area contributed by atoms with E-state index < -0.39 is 5.97 Å². The maximum atomic E-state index is 11.4. The van der Waals surface area contributed by atoms with E-state index in [1.165, 1.54) is 14.2 Å². The third-order valence-corrected chi connectivity index (χ3v) is 12.0. The molecule has 24 heteroatoms. The highest BCUT2D eigenvalue weighted by Gasteiger charge is 2.14. The molecule has 0 aliphatic carbocycles. The van der Waals surface area contributed by atoms with E-state index in [-0.39, 0.29) is 11.8 Å². The van der Waals surface area contributed by atoms with Crippen LogP contribution in [0.15, 0.2) is 186 Å². The number of methoxy groups -OCH3 is 2. The number of aliphatic imine (C=N–C) groups is 1. The van der Waals surface area contributed by atoms with Gasteiger partial charge >= 0.3 is 11.9 Å². The molecule has 0 radical (unpaired) electrons. The second-order valence-electron chi connectivity index (χ2n) is 14.9. The van der Waals surface area contributed by atoms with Gasteiger partial charge in [0, 0.05) is 78.0 Å². The van der Waals surface area contributed by atoms with Crippen LogP contribution in [0.1, 0.15) is 49.5 Å². The van der Waals surface area contributed by atoms with E-state index in [1.807, 2.05) is 72.8 Å². The van der Waals surface area contributed by atoms with E-state index in [2.05, 4.69) is 135 Å². The van der Waals surface area contributed by atoms with Crippen molar-refractivity contribution in [2.24, 2.45) is 21.6 Å². The van der Waals surface area contributed by atoms with E-state index in [4.69, 9.17) is 36.8 Å². The van der Waals surface area contributed by atoms with Gasteiger partial charge in [-0.2, -0.15) is 15.0 Å². The van der Waals surface area contributed by atoms with Crippen molar-refractivity contribution >= 4 is 109 Å². The van der Waals surface area contributed by atoms with Crippen LogP contribution in [-0.4, -0.2) is 80.5 Å². The van der Waals surface area contributed by atoms with Crippen molar-refractivity contribution in [3.05, 3.63) is 213 Å². The third-order valence-electron chi connectivity index (χ3n) is 9.36. The smallest absolute Gasteiger partial charge is 0.337 e. The summed E-state index contributed by atoms with van der Waals surface area (Å²) in [5, 5.41) is 22.6. The van der Waals surface area contributed by atoms with E-state index in [0.29, 0.717) is 68.9 Å². The number of hydrogen-bond donors (Lipinski definition) is 3. The van der Waals surface area contributed by atoms with Crippen molar-refractivity contribution in [1.82, 2.24) is 30.4 Å². The van der Waals surface area contributed by atoms with E-state index in [0.717, 1.165) is 39.1 Å². The number of hydrogen-bond acceptors (Lipinski definition) is 16. The van der Waals surface area contributed by atoms with Crippen LogP contribution in [0.3, 0.4) is 0 Å². The van der Waals surface area contributed by atoms with Gasteiger partial charge in [-0.05, 0) is 72.8 Å². The second kappa shape index (κ2) is 32.0. The SMILES string of the molecule is CN=C(N)c1cccc(Br)c1.COC(=O)c1ccc(Br)c(-c2noc(C)n2)c1.COC(=O)c1cccc(-c2noc(C)n2)c1.Cc1nc(-c2cccc(Br)c2)no1.N/C(=N\O)c1cccc(Br)c1.[C-]#[N+]c1cccc(Br)c1. The summed E-state index contributed by atoms with van der Waals surface area (Å²) in [7, 11) is 4.35. The number of esters is 2. The number of carbonyl (C=O) groups is 2. The van der Waals surface area contributed by atoms with Crippen LogP contribution in [0.5, 0.6) is 0 Å². The lowest BCUT2D eigenvalue weighted by Gasteiger charge is -2.03. The lowest BCUT2D eigenvalue weighted by atomic mass is 10.1. The molecule has 9 rings (SSSR count).